The van der Waals surface area contributed by atoms with Crippen molar-refractivity contribution in [3.8, 4) is 40.1 Å². The molecule has 0 saturated heterocycles. The second-order valence-corrected chi connectivity index (χ2v) is 7.26. The van der Waals surface area contributed by atoms with E-state index in [4.69, 9.17) is 19.9 Å². The van der Waals surface area contributed by atoms with Crippen LogP contribution in [0.15, 0.2) is 46.1 Å². The highest BCUT2D eigenvalue weighted by Gasteiger charge is 2.27. The lowest BCUT2D eigenvalue weighted by Gasteiger charge is -2.08. The Hall–Kier alpha value is -5.14. The van der Waals surface area contributed by atoms with E-state index in [1.807, 2.05) is 0 Å². The first kappa shape index (κ1) is 21.7. The molecular weight excluding hydrogens is 460 g/mol. The largest absolute Gasteiger partial charge is 0.504 e. The lowest BCUT2D eigenvalue weighted by atomic mass is 10.1. The molecule has 14 heteroatoms. The Morgan fingerprint density at radius 3 is 2.80 bits per heavy atom. The van der Waals surface area contributed by atoms with Crippen LogP contribution in [-0.4, -0.2) is 55.9 Å². The second-order valence-electron chi connectivity index (χ2n) is 7.26. The number of nitrogen functional groups attached to an aromatic ring is 1. The predicted molar refractivity (Wildman–Crippen MR) is 120 cm³/mol. The number of carbonyl (C=O) groups is 1. The molecule has 5 rings (SSSR count). The molecule has 1 amide bonds. The van der Waals surface area contributed by atoms with Gasteiger partial charge in [-0.25, -0.2) is 10.1 Å². The molecule has 4 aromatic rings. The topological polar surface area (TPSA) is 185 Å². The Kier molecular flexibility index (Phi) is 5.37. The molecule has 0 unspecified atom stereocenters. The van der Waals surface area contributed by atoms with E-state index in [1.165, 1.54) is 17.9 Å². The van der Waals surface area contributed by atoms with Gasteiger partial charge in [-0.1, -0.05) is 5.21 Å². The highest BCUT2D eigenvalue weighted by Crippen LogP contribution is 2.37. The Morgan fingerprint density at radius 2 is 2.03 bits per heavy atom. The number of nitrogens with two attached hydrogens (primary N) is 1. The van der Waals surface area contributed by atoms with E-state index in [9.17, 15) is 9.90 Å². The fourth-order valence-corrected chi connectivity index (χ4v) is 3.38. The third-order valence-electron chi connectivity index (χ3n) is 5.15. The standard InChI is InChI=1S/C21H18N8O6/c1-10(11-3-5-13(30)15(7-11)32-2)23-25-21(31)17-18(12-4-6-14-16(8-12)34-9-33-14)29(28-24-17)20-19(22)26-35-27-20/h3-8,30H,9H2,1-2H3,(H2,22,26)(H,25,31). The van der Waals surface area contributed by atoms with Crippen LogP contribution in [0.1, 0.15) is 23.0 Å². The highest BCUT2D eigenvalue weighted by molar-refractivity contribution is 6.02. The maximum Gasteiger partial charge on any atom is 0.294 e. The van der Waals surface area contributed by atoms with Crippen LogP contribution in [0.4, 0.5) is 5.82 Å². The highest BCUT2D eigenvalue weighted by atomic mass is 16.7. The number of fused-ring (bicyclic) bond motifs is 1. The van der Waals surface area contributed by atoms with Crippen molar-refractivity contribution in [2.75, 3.05) is 19.6 Å². The number of rotatable bonds is 6. The molecule has 0 saturated carbocycles. The molecule has 2 aromatic carbocycles. The van der Waals surface area contributed by atoms with E-state index < -0.39 is 5.91 Å². The lowest BCUT2D eigenvalue weighted by molar-refractivity contribution is 0.0950. The van der Waals surface area contributed by atoms with Gasteiger partial charge < -0.3 is 25.1 Å². The van der Waals surface area contributed by atoms with Crippen molar-refractivity contribution in [1.29, 1.82) is 0 Å². The summed E-state index contributed by atoms with van der Waals surface area (Å²) in [7, 11) is 1.44. The maximum atomic E-state index is 13.1. The molecule has 4 N–H and O–H groups in total. The molecule has 35 heavy (non-hydrogen) atoms. The summed E-state index contributed by atoms with van der Waals surface area (Å²) in [6, 6.07) is 9.78. The molecule has 0 spiro atoms. The molecule has 3 heterocycles. The number of benzene rings is 2. The summed E-state index contributed by atoms with van der Waals surface area (Å²) in [4.78, 5) is 13.1. The van der Waals surface area contributed by atoms with Crippen LogP contribution in [0.5, 0.6) is 23.0 Å². The van der Waals surface area contributed by atoms with Crippen molar-refractivity contribution in [1.82, 2.24) is 30.7 Å². The number of ether oxygens (including phenoxy) is 3. The van der Waals surface area contributed by atoms with Gasteiger partial charge in [0.2, 0.25) is 18.4 Å². The number of phenolic OH excluding ortho intramolecular Hbond substituents is 1. The number of aromatic hydroxyl groups is 1. The van der Waals surface area contributed by atoms with Crippen molar-refractivity contribution in [2.45, 2.75) is 6.92 Å². The maximum absolute atomic E-state index is 13.1. The minimum Gasteiger partial charge on any atom is -0.504 e. The molecule has 2 aromatic heterocycles. The fourth-order valence-electron chi connectivity index (χ4n) is 3.38. The van der Waals surface area contributed by atoms with Crippen molar-refractivity contribution in [3.63, 3.8) is 0 Å². The number of phenols is 1. The van der Waals surface area contributed by atoms with Gasteiger partial charge in [0.05, 0.1) is 12.8 Å². The molecule has 0 radical (unpaired) electrons. The van der Waals surface area contributed by atoms with E-state index >= 15 is 0 Å². The van der Waals surface area contributed by atoms with Gasteiger partial charge in [0.15, 0.2) is 28.7 Å². The summed E-state index contributed by atoms with van der Waals surface area (Å²) >= 11 is 0. The third-order valence-corrected chi connectivity index (χ3v) is 5.15. The summed E-state index contributed by atoms with van der Waals surface area (Å²) in [5.41, 5.74) is 10.1. The van der Waals surface area contributed by atoms with E-state index in [1.54, 1.807) is 37.3 Å². The summed E-state index contributed by atoms with van der Waals surface area (Å²) < 4.78 is 21.8. The zero-order chi connectivity index (χ0) is 24.5. The number of carbonyl (C=O) groups excluding carboxylic acids is 1. The normalized spacial score (nSPS) is 12.6. The van der Waals surface area contributed by atoms with E-state index in [0.29, 0.717) is 28.3 Å². The third kappa shape index (κ3) is 3.92. The molecule has 14 nitrogen and oxygen atoms in total. The molecular formula is C21H18N8O6. The molecule has 1 aliphatic rings. The van der Waals surface area contributed by atoms with Crippen LogP contribution in [0.3, 0.4) is 0 Å². The van der Waals surface area contributed by atoms with Gasteiger partial charge in [0.25, 0.3) is 5.91 Å². The van der Waals surface area contributed by atoms with E-state index in [0.717, 1.165) is 0 Å². The van der Waals surface area contributed by atoms with Gasteiger partial charge >= 0.3 is 0 Å². The molecule has 0 aliphatic carbocycles. The number of anilines is 1. The van der Waals surface area contributed by atoms with Crippen LogP contribution in [0, 0.1) is 0 Å². The number of hydrogen-bond acceptors (Lipinski definition) is 12. The molecule has 1 aliphatic heterocycles. The van der Waals surface area contributed by atoms with Crippen molar-refractivity contribution in [3.05, 3.63) is 47.7 Å². The number of nitrogens with zero attached hydrogens (tertiary/aromatic N) is 6. The van der Waals surface area contributed by atoms with Gasteiger partial charge in [0.1, 0.15) is 5.69 Å². The minimum atomic E-state index is -0.649. The predicted octanol–water partition coefficient (Wildman–Crippen LogP) is 1.50. The molecule has 0 bridgehead atoms. The monoisotopic (exact) mass is 478 g/mol. The van der Waals surface area contributed by atoms with Crippen molar-refractivity contribution >= 4 is 17.4 Å². The average molecular weight is 478 g/mol. The fraction of sp³-hybridized carbons (Fsp3) is 0.143. The lowest BCUT2D eigenvalue weighted by Crippen LogP contribution is -2.21. The number of amides is 1. The molecule has 178 valence electrons. The van der Waals surface area contributed by atoms with Gasteiger partial charge in [-0.2, -0.15) is 9.78 Å². The van der Waals surface area contributed by atoms with Gasteiger partial charge in [0, 0.05) is 11.1 Å². The first-order chi connectivity index (χ1) is 17.0. The smallest absolute Gasteiger partial charge is 0.294 e. The summed E-state index contributed by atoms with van der Waals surface area (Å²) in [5.74, 6) is 0.673. The van der Waals surface area contributed by atoms with Crippen LogP contribution in [0.25, 0.3) is 17.1 Å². The molecule has 0 fully saturated rings. The minimum absolute atomic E-state index is 0.0142. The van der Waals surface area contributed by atoms with Crippen LogP contribution in [-0.2, 0) is 0 Å². The van der Waals surface area contributed by atoms with E-state index in [-0.39, 0.29) is 41.3 Å². The zero-order valence-corrected chi connectivity index (χ0v) is 18.4. The summed E-state index contributed by atoms with van der Waals surface area (Å²) in [6.45, 7) is 1.77. The van der Waals surface area contributed by atoms with Crippen molar-refractivity contribution in [2.24, 2.45) is 5.10 Å². The SMILES string of the molecule is COc1cc(C(C)=NNC(=O)c2nnn(-c3nonc3N)c2-c2ccc3c(c2)OCO3)ccc1O. The number of methoxy groups -OCH3 is 1. The first-order valence-corrected chi connectivity index (χ1v) is 10.1. The van der Waals surface area contributed by atoms with Gasteiger partial charge in [-0.15, -0.1) is 5.10 Å². The number of hydrogen-bond donors (Lipinski definition) is 3. The average Bonchev–Trinajstić information content (AvgIpc) is 3.61. The van der Waals surface area contributed by atoms with E-state index in [2.05, 4.69) is 35.8 Å². The Balaban J connectivity index is 1.51. The Morgan fingerprint density at radius 1 is 1.20 bits per heavy atom. The second kappa shape index (κ2) is 8.66. The molecule has 0 atom stereocenters. The number of aromatic nitrogens is 5. The Bertz CT molecular complexity index is 1460. The first-order valence-electron chi connectivity index (χ1n) is 10.1. The van der Waals surface area contributed by atoms with Crippen LogP contribution < -0.4 is 25.4 Å². The summed E-state index contributed by atoms with van der Waals surface area (Å²) in [5, 5.41) is 29.3. The summed E-state index contributed by atoms with van der Waals surface area (Å²) in [6.07, 6.45) is 0. The van der Waals surface area contributed by atoms with Gasteiger partial charge in [-0.3, -0.25) is 4.79 Å². The van der Waals surface area contributed by atoms with Crippen molar-refractivity contribution < 1.29 is 28.7 Å². The Labute approximate surface area is 196 Å². The van der Waals surface area contributed by atoms with Crippen LogP contribution >= 0.6 is 0 Å². The zero-order valence-electron chi connectivity index (χ0n) is 18.4. The van der Waals surface area contributed by atoms with Gasteiger partial charge in [-0.05, 0) is 53.6 Å². The van der Waals surface area contributed by atoms with Crippen LogP contribution in [0.2, 0.25) is 0 Å². The number of hydrazone groups is 1. The number of nitrogens with one attached hydrogen (secondary N) is 1. The quantitative estimate of drug-likeness (QED) is 0.269.